The zero-order chi connectivity index (χ0) is 6.78. The molecule has 46 valence electrons. The number of terminal acetylenes is 1. The Morgan fingerprint density at radius 2 is 1.88 bits per heavy atom. The predicted molar refractivity (Wildman–Crippen MR) is 36.3 cm³/mol. The van der Waals surface area contributed by atoms with E-state index >= 15 is 0 Å². The minimum atomic E-state index is -0.123. The monoisotopic (exact) mass is 111 g/mol. The maximum Gasteiger partial charge on any atom is 0.0711 e. The Kier molecular flexibility index (Phi) is 2.06. The molecule has 8 heavy (non-hydrogen) atoms. The van der Waals surface area contributed by atoms with Crippen LogP contribution in [0, 0.1) is 17.8 Å². The average molecular weight is 111 g/mol. The first-order valence-electron chi connectivity index (χ1n) is 2.70. The van der Waals surface area contributed by atoms with Gasteiger partial charge in [0.25, 0.3) is 0 Å². The molecule has 1 nitrogen and oxygen atoms in total. The third kappa shape index (κ3) is 1.99. The van der Waals surface area contributed by atoms with Crippen molar-refractivity contribution in [2.75, 3.05) is 0 Å². The Morgan fingerprint density at radius 3 is 1.88 bits per heavy atom. The van der Waals surface area contributed by atoms with Gasteiger partial charge >= 0.3 is 0 Å². The highest BCUT2D eigenvalue weighted by atomic mass is 14.6. The second-order valence-electron chi connectivity index (χ2n) is 3.01. The summed E-state index contributed by atoms with van der Waals surface area (Å²) in [6.07, 6.45) is 5.08. The first kappa shape index (κ1) is 7.52. The van der Waals surface area contributed by atoms with Crippen LogP contribution in [0.4, 0.5) is 0 Å². The summed E-state index contributed by atoms with van der Waals surface area (Å²) >= 11 is 0. The van der Waals surface area contributed by atoms with E-state index in [1.807, 2.05) is 20.8 Å². The van der Waals surface area contributed by atoms with Crippen LogP contribution in [0.15, 0.2) is 0 Å². The van der Waals surface area contributed by atoms with E-state index in [2.05, 4.69) is 5.92 Å². The molecule has 0 aromatic rings. The van der Waals surface area contributed by atoms with E-state index in [1.165, 1.54) is 0 Å². The molecule has 0 saturated heterocycles. The molecular formula is C7H13N. The fourth-order valence-electron chi connectivity index (χ4n) is 0.250. The molecule has 2 N–H and O–H groups in total. The summed E-state index contributed by atoms with van der Waals surface area (Å²) in [6.45, 7) is 6.08. The lowest BCUT2D eigenvalue weighted by molar-refractivity contribution is 0.375. The summed E-state index contributed by atoms with van der Waals surface area (Å²) in [7, 11) is 0. The van der Waals surface area contributed by atoms with Crippen molar-refractivity contribution in [3.8, 4) is 12.3 Å². The van der Waals surface area contributed by atoms with Gasteiger partial charge in [0, 0.05) is 0 Å². The van der Waals surface area contributed by atoms with Crippen molar-refractivity contribution in [2.24, 2.45) is 11.1 Å². The lowest BCUT2D eigenvalue weighted by Crippen LogP contribution is -2.33. The van der Waals surface area contributed by atoms with E-state index < -0.39 is 0 Å². The van der Waals surface area contributed by atoms with Crippen LogP contribution >= 0.6 is 0 Å². The molecule has 0 aromatic carbocycles. The van der Waals surface area contributed by atoms with Crippen molar-refractivity contribution in [1.29, 1.82) is 0 Å². The Labute approximate surface area is 51.3 Å². The average Bonchev–Trinajstić information content (AvgIpc) is 1.62. The highest BCUT2D eigenvalue weighted by molar-refractivity contribution is 5.02. The van der Waals surface area contributed by atoms with Crippen LogP contribution in [0.1, 0.15) is 20.8 Å². The summed E-state index contributed by atoms with van der Waals surface area (Å²) in [4.78, 5) is 0. The predicted octanol–water partition coefficient (Wildman–Crippen LogP) is 0.993. The third-order valence-electron chi connectivity index (χ3n) is 1.11. The van der Waals surface area contributed by atoms with Crippen LogP contribution in [0.2, 0.25) is 0 Å². The zero-order valence-electron chi connectivity index (χ0n) is 5.73. The summed E-state index contributed by atoms with van der Waals surface area (Å²) in [5.41, 5.74) is 5.56. The molecule has 1 atom stereocenters. The summed E-state index contributed by atoms with van der Waals surface area (Å²) in [5, 5.41) is 0. The van der Waals surface area contributed by atoms with Crippen molar-refractivity contribution >= 4 is 0 Å². The van der Waals surface area contributed by atoms with Gasteiger partial charge < -0.3 is 5.73 Å². The molecule has 0 unspecified atom stereocenters. The second-order valence-corrected chi connectivity index (χ2v) is 3.01. The van der Waals surface area contributed by atoms with E-state index in [0.29, 0.717) is 0 Å². The molecule has 0 aliphatic rings. The highest BCUT2D eigenvalue weighted by Gasteiger charge is 2.17. The van der Waals surface area contributed by atoms with Gasteiger partial charge in [-0.15, -0.1) is 6.42 Å². The number of rotatable bonds is 0. The first-order chi connectivity index (χ1) is 3.48. The number of hydrogen-bond acceptors (Lipinski definition) is 1. The molecular weight excluding hydrogens is 98.1 g/mol. The molecule has 0 spiro atoms. The molecule has 0 aliphatic heterocycles. The fourth-order valence-corrected chi connectivity index (χ4v) is 0.250. The summed E-state index contributed by atoms with van der Waals surface area (Å²) < 4.78 is 0. The SMILES string of the molecule is C#C[C@@H](N)C(C)(C)C. The summed E-state index contributed by atoms with van der Waals surface area (Å²) in [6, 6.07) is -0.123. The van der Waals surface area contributed by atoms with Gasteiger partial charge in [-0.25, -0.2) is 0 Å². The van der Waals surface area contributed by atoms with Crippen molar-refractivity contribution in [2.45, 2.75) is 26.8 Å². The minimum absolute atomic E-state index is 0.0503. The third-order valence-corrected chi connectivity index (χ3v) is 1.11. The molecule has 0 aliphatic carbocycles. The molecule has 0 bridgehead atoms. The van der Waals surface area contributed by atoms with Gasteiger partial charge in [-0.3, -0.25) is 0 Å². The van der Waals surface area contributed by atoms with E-state index in [4.69, 9.17) is 12.2 Å². The van der Waals surface area contributed by atoms with Crippen LogP contribution < -0.4 is 5.73 Å². The topological polar surface area (TPSA) is 26.0 Å². The van der Waals surface area contributed by atoms with Gasteiger partial charge in [0.1, 0.15) is 0 Å². The van der Waals surface area contributed by atoms with Crippen molar-refractivity contribution in [1.82, 2.24) is 0 Å². The van der Waals surface area contributed by atoms with Gasteiger partial charge in [-0.05, 0) is 5.41 Å². The molecule has 0 amide bonds. The second kappa shape index (κ2) is 2.19. The lowest BCUT2D eigenvalue weighted by atomic mass is 9.88. The molecule has 0 aromatic heterocycles. The molecule has 0 rings (SSSR count). The largest absolute Gasteiger partial charge is 0.317 e. The standard InChI is InChI=1S/C7H13N/c1-5-6(8)7(2,3)4/h1,6H,8H2,2-4H3/t6-/m1/s1. The Balaban J connectivity index is 3.87. The fraction of sp³-hybridized carbons (Fsp3) is 0.714. The molecule has 0 radical (unpaired) electrons. The van der Waals surface area contributed by atoms with E-state index in [1.54, 1.807) is 0 Å². The molecule has 0 fully saturated rings. The minimum Gasteiger partial charge on any atom is -0.317 e. The van der Waals surface area contributed by atoms with Gasteiger partial charge in [0.15, 0.2) is 0 Å². The first-order valence-corrected chi connectivity index (χ1v) is 2.70. The van der Waals surface area contributed by atoms with Gasteiger partial charge in [0.2, 0.25) is 0 Å². The van der Waals surface area contributed by atoms with E-state index in [0.717, 1.165) is 0 Å². The number of nitrogens with two attached hydrogens (primary N) is 1. The van der Waals surface area contributed by atoms with E-state index in [9.17, 15) is 0 Å². The van der Waals surface area contributed by atoms with Crippen molar-refractivity contribution in [3.63, 3.8) is 0 Å². The Morgan fingerprint density at radius 1 is 1.50 bits per heavy atom. The van der Waals surface area contributed by atoms with Crippen LogP contribution in [0.3, 0.4) is 0 Å². The quantitative estimate of drug-likeness (QED) is 0.463. The van der Waals surface area contributed by atoms with Gasteiger partial charge in [0.05, 0.1) is 6.04 Å². The lowest BCUT2D eigenvalue weighted by Gasteiger charge is -2.21. The molecule has 0 saturated carbocycles. The van der Waals surface area contributed by atoms with Gasteiger partial charge in [-0.1, -0.05) is 26.7 Å². The van der Waals surface area contributed by atoms with E-state index in [-0.39, 0.29) is 11.5 Å². The normalized spacial score (nSPS) is 14.9. The maximum absolute atomic E-state index is 5.51. The smallest absolute Gasteiger partial charge is 0.0711 e. The highest BCUT2D eigenvalue weighted by Crippen LogP contribution is 2.15. The van der Waals surface area contributed by atoms with Gasteiger partial charge in [-0.2, -0.15) is 0 Å². The van der Waals surface area contributed by atoms with Crippen molar-refractivity contribution in [3.05, 3.63) is 0 Å². The Hall–Kier alpha value is -0.480. The Bertz CT molecular complexity index is 103. The van der Waals surface area contributed by atoms with Crippen molar-refractivity contribution < 1.29 is 0 Å². The van der Waals surface area contributed by atoms with Crippen LogP contribution in [0.25, 0.3) is 0 Å². The van der Waals surface area contributed by atoms with Crippen LogP contribution in [-0.4, -0.2) is 6.04 Å². The number of hydrogen-bond donors (Lipinski definition) is 1. The molecule has 0 heterocycles. The summed E-state index contributed by atoms with van der Waals surface area (Å²) in [5.74, 6) is 2.48. The zero-order valence-corrected chi connectivity index (χ0v) is 5.73. The van der Waals surface area contributed by atoms with Crippen LogP contribution in [-0.2, 0) is 0 Å². The maximum atomic E-state index is 5.51. The molecule has 1 heteroatoms. The van der Waals surface area contributed by atoms with Crippen LogP contribution in [0.5, 0.6) is 0 Å².